The van der Waals surface area contributed by atoms with Gasteiger partial charge in [0.15, 0.2) is 0 Å². The summed E-state index contributed by atoms with van der Waals surface area (Å²) in [6, 6.07) is 7.98. The summed E-state index contributed by atoms with van der Waals surface area (Å²) in [7, 11) is 0. The van der Waals surface area contributed by atoms with Crippen molar-refractivity contribution in [1.29, 1.82) is 0 Å². The van der Waals surface area contributed by atoms with Crippen molar-refractivity contribution in [1.82, 2.24) is 5.32 Å². The van der Waals surface area contributed by atoms with E-state index in [4.69, 9.17) is 4.74 Å². The van der Waals surface area contributed by atoms with Crippen LogP contribution >= 0.6 is 0 Å². The van der Waals surface area contributed by atoms with Gasteiger partial charge in [0.25, 0.3) is 0 Å². The summed E-state index contributed by atoms with van der Waals surface area (Å²) >= 11 is 0. The number of anilines is 1. The standard InChI is InChI=1S/C29H50N2O2/c1-2-3-4-5-6-12-15-18-25-33-28-23-21-27(22-24-28)31-29(32)30-26-19-16-13-10-8-7-9-11-14-17-20-26/h21-24,26H,2-20,25H2,1H3,(H2,30,31,32). The first-order chi connectivity index (χ1) is 16.3. The number of unbranched alkanes of at least 4 members (excludes halogenated alkanes) is 7. The number of urea groups is 1. The SMILES string of the molecule is CCCCCCCCCCOc1ccc(NC(=O)NC2CCCCCCCCCCC2)cc1. The van der Waals surface area contributed by atoms with Crippen LogP contribution in [0.5, 0.6) is 5.75 Å². The van der Waals surface area contributed by atoms with E-state index < -0.39 is 0 Å². The van der Waals surface area contributed by atoms with Gasteiger partial charge in [0.2, 0.25) is 0 Å². The molecule has 1 saturated carbocycles. The average Bonchev–Trinajstić information content (AvgIpc) is 2.81. The zero-order chi connectivity index (χ0) is 23.4. The molecule has 0 heterocycles. The topological polar surface area (TPSA) is 50.4 Å². The Kier molecular flexibility index (Phi) is 15.6. The molecule has 0 saturated heterocycles. The molecule has 1 aromatic rings. The highest BCUT2D eigenvalue weighted by Crippen LogP contribution is 2.19. The number of carbonyl (C=O) groups excluding carboxylic acids is 1. The van der Waals surface area contributed by atoms with Gasteiger partial charge in [-0.3, -0.25) is 0 Å². The van der Waals surface area contributed by atoms with E-state index in [-0.39, 0.29) is 6.03 Å². The Morgan fingerprint density at radius 1 is 0.758 bits per heavy atom. The molecule has 2 rings (SSSR count). The molecule has 4 nitrogen and oxygen atoms in total. The molecule has 0 unspecified atom stereocenters. The minimum atomic E-state index is -0.0836. The summed E-state index contributed by atoms with van der Waals surface area (Å²) in [6.45, 7) is 3.03. The van der Waals surface area contributed by atoms with Crippen molar-refractivity contribution in [2.75, 3.05) is 11.9 Å². The third-order valence-electron chi connectivity index (χ3n) is 6.82. The van der Waals surface area contributed by atoms with Crippen LogP contribution in [0.1, 0.15) is 129 Å². The quantitative estimate of drug-likeness (QED) is 0.307. The second-order valence-corrected chi connectivity index (χ2v) is 9.90. The van der Waals surface area contributed by atoms with Crippen molar-refractivity contribution >= 4 is 11.7 Å². The van der Waals surface area contributed by atoms with Gasteiger partial charge in [-0.2, -0.15) is 0 Å². The Balaban J connectivity index is 1.61. The van der Waals surface area contributed by atoms with Crippen LogP contribution in [0.4, 0.5) is 10.5 Å². The number of hydrogen-bond acceptors (Lipinski definition) is 2. The lowest BCUT2D eigenvalue weighted by atomic mass is 9.98. The Morgan fingerprint density at radius 2 is 1.27 bits per heavy atom. The fourth-order valence-corrected chi connectivity index (χ4v) is 4.72. The third kappa shape index (κ3) is 14.2. The summed E-state index contributed by atoms with van der Waals surface area (Å²) in [4.78, 5) is 12.5. The molecule has 1 aliphatic rings. The van der Waals surface area contributed by atoms with Gasteiger partial charge in [-0.15, -0.1) is 0 Å². The second kappa shape index (κ2) is 18.7. The molecule has 33 heavy (non-hydrogen) atoms. The Morgan fingerprint density at radius 3 is 1.85 bits per heavy atom. The van der Waals surface area contributed by atoms with E-state index in [2.05, 4.69) is 17.6 Å². The van der Waals surface area contributed by atoms with E-state index in [1.807, 2.05) is 24.3 Å². The van der Waals surface area contributed by atoms with Gasteiger partial charge >= 0.3 is 6.03 Å². The minimum absolute atomic E-state index is 0.0836. The fraction of sp³-hybridized carbons (Fsp3) is 0.759. The Bertz CT molecular complexity index is 590. The van der Waals surface area contributed by atoms with E-state index in [0.29, 0.717) is 6.04 Å². The molecule has 1 aliphatic carbocycles. The van der Waals surface area contributed by atoms with Crippen LogP contribution in [0.15, 0.2) is 24.3 Å². The van der Waals surface area contributed by atoms with Gasteiger partial charge < -0.3 is 15.4 Å². The van der Waals surface area contributed by atoms with Crippen LogP contribution in [-0.2, 0) is 0 Å². The van der Waals surface area contributed by atoms with Crippen molar-refractivity contribution in [2.45, 2.75) is 135 Å². The molecule has 0 aliphatic heterocycles. The smallest absolute Gasteiger partial charge is 0.319 e. The van der Waals surface area contributed by atoms with Gasteiger partial charge in [0, 0.05) is 11.7 Å². The molecule has 2 amide bonds. The predicted octanol–water partition coefficient (Wildman–Crippen LogP) is 9.00. The first-order valence-corrected chi connectivity index (χ1v) is 14.1. The van der Waals surface area contributed by atoms with Crippen LogP contribution in [0.2, 0.25) is 0 Å². The number of carbonyl (C=O) groups is 1. The van der Waals surface area contributed by atoms with Gasteiger partial charge in [-0.25, -0.2) is 4.79 Å². The lowest BCUT2D eigenvalue weighted by Gasteiger charge is -2.20. The highest BCUT2D eigenvalue weighted by molar-refractivity contribution is 5.89. The van der Waals surface area contributed by atoms with Gasteiger partial charge in [0.1, 0.15) is 5.75 Å². The summed E-state index contributed by atoms with van der Waals surface area (Å²) in [5.41, 5.74) is 0.820. The highest BCUT2D eigenvalue weighted by Gasteiger charge is 2.13. The van der Waals surface area contributed by atoms with E-state index in [0.717, 1.165) is 37.3 Å². The normalized spacial score (nSPS) is 16.4. The molecule has 0 radical (unpaired) electrons. The summed E-state index contributed by atoms with van der Waals surface area (Å²) in [5.74, 6) is 0.878. The molecular weight excluding hydrogens is 408 g/mol. The molecule has 0 bridgehead atoms. The third-order valence-corrected chi connectivity index (χ3v) is 6.82. The first-order valence-electron chi connectivity index (χ1n) is 14.1. The molecular formula is C29H50N2O2. The van der Waals surface area contributed by atoms with E-state index in [1.54, 1.807) is 0 Å². The van der Waals surface area contributed by atoms with E-state index in [1.165, 1.54) is 103 Å². The molecule has 0 atom stereocenters. The molecule has 1 aromatic carbocycles. The van der Waals surface area contributed by atoms with Crippen LogP contribution in [0, 0.1) is 0 Å². The first kappa shape index (κ1) is 27.5. The lowest BCUT2D eigenvalue weighted by molar-refractivity contribution is 0.246. The number of nitrogens with one attached hydrogen (secondary N) is 2. The molecule has 2 N–H and O–H groups in total. The number of hydrogen-bond donors (Lipinski definition) is 2. The molecule has 0 spiro atoms. The van der Waals surface area contributed by atoms with Crippen LogP contribution in [-0.4, -0.2) is 18.7 Å². The second-order valence-electron chi connectivity index (χ2n) is 9.90. The monoisotopic (exact) mass is 458 g/mol. The maximum Gasteiger partial charge on any atom is 0.319 e. The molecule has 188 valence electrons. The average molecular weight is 459 g/mol. The number of amides is 2. The largest absolute Gasteiger partial charge is 0.494 e. The zero-order valence-corrected chi connectivity index (χ0v) is 21.3. The molecule has 1 fully saturated rings. The van der Waals surface area contributed by atoms with E-state index >= 15 is 0 Å². The summed E-state index contributed by atoms with van der Waals surface area (Å²) < 4.78 is 5.87. The van der Waals surface area contributed by atoms with Gasteiger partial charge in [-0.05, 0) is 43.5 Å². The highest BCUT2D eigenvalue weighted by atomic mass is 16.5. The van der Waals surface area contributed by atoms with Crippen molar-refractivity contribution in [3.05, 3.63) is 24.3 Å². The van der Waals surface area contributed by atoms with Crippen molar-refractivity contribution in [2.24, 2.45) is 0 Å². The lowest BCUT2D eigenvalue weighted by Crippen LogP contribution is -2.38. The number of ether oxygens (including phenoxy) is 1. The van der Waals surface area contributed by atoms with Crippen LogP contribution < -0.4 is 15.4 Å². The number of benzene rings is 1. The maximum atomic E-state index is 12.5. The van der Waals surface area contributed by atoms with Crippen molar-refractivity contribution in [3.63, 3.8) is 0 Å². The van der Waals surface area contributed by atoms with Crippen molar-refractivity contribution < 1.29 is 9.53 Å². The maximum absolute atomic E-state index is 12.5. The van der Waals surface area contributed by atoms with Crippen LogP contribution in [0.3, 0.4) is 0 Å². The van der Waals surface area contributed by atoms with Gasteiger partial charge in [0.05, 0.1) is 6.61 Å². The number of rotatable bonds is 12. The molecule has 4 heteroatoms. The van der Waals surface area contributed by atoms with Crippen LogP contribution in [0.25, 0.3) is 0 Å². The van der Waals surface area contributed by atoms with Gasteiger partial charge in [-0.1, -0.05) is 110 Å². The predicted molar refractivity (Wildman–Crippen MR) is 141 cm³/mol. The zero-order valence-electron chi connectivity index (χ0n) is 21.3. The summed E-state index contributed by atoms with van der Waals surface area (Å²) in [6.07, 6.45) is 24.5. The Labute approximate surface area is 203 Å². The molecule has 0 aromatic heterocycles. The minimum Gasteiger partial charge on any atom is -0.494 e. The Hall–Kier alpha value is -1.71. The van der Waals surface area contributed by atoms with E-state index in [9.17, 15) is 4.79 Å². The summed E-state index contributed by atoms with van der Waals surface area (Å²) in [5, 5.41) is 6.22. The fourth-order valence-electron chi connectivity index (χ4n) is 4.72. The van der Waals surface area contributed by atoms with Crippen molar-refractivity contribution in [3.8, 4) is 5.75 Å².